The molecule has 2 aromatic carbocycles. The molecule has 1 aliphatic rings. The highest BCUT2D eigenvalue weighted by molar-refractivity contribution is 9.10. The summed E-state index contributed by atoms with van der Waals surface area (Å²) >= 11 is 3.57. The van der Waals surface area contributed by atoms with E-state index in [1.807, 2.05) is 12.1 Å². The number of rotatable bonds is 1. The predicted molar refractivity (Wildman–Crippen MR) is 94.1 cm³/mol. The molecular weight excluding hydrogens is 336 g/mol. The Labute approximate surface area is 140 Å². The zero-order valence-electron chi connectivity index (χ0n) is 13.1. The number of benzene rings is 2. The molecule has 0 radical (unpaired) electrons. The first-order valence-corrected chi connectivity index (χ1v) is 8.24. The van der Waals surface area contributed by atoms with Gasteiger partial charge in [0.05, 0.1) is 17.7 Å². The van der Waals surface area contributed by atoms with Crippen LogP contribution in [-0.4, -0.2) is 7.05 Å². The van der Waals surface area contributed by atoms with Gasteiger partial charge in [0.15, 0.2) is 0 Å². The molecule has 0 saturated carbocycles. The minimum absolute atomic E-state index is 0.0433. The van der Waals surface area contributed by atoms with E-state index in [2.05, 4.69) is 78.1 Å². The summed E-state index contributed by atoms with van der Waals surface area (Å²) in [5, 5.41) is 9.17. The summed E-state index contributed by atoms with van der Waals surface area (Å²) in [6, 6.07) is 17.2. The van der Waals surface area contributed by atoms with Crippen molar-refractivity contribution >= 4 is 21.6 Å². The average molecular weight is 355 g/mol. The third-order valence-electron chi connectivity index (χ3n) is 4.64. The van der Waals surface area contributed by atoms with E-state index in [4.69, 9.17) is 5.26 Å². The van der Waals surface area contributed by atoms with Gasteiger partial charge in [0, 0.05) is 17.2 Å². The minimum Gasteiger partial charge on any atom is -0.367 e. The van der Waals surface area contributed by atoms with Crippen LogP contribution in [0.1, 0.15) is 43.0 Å². The number of hydrogen-bond donors (Lipinski definition) is 0. The summed E-state index contributed by atoms with van der Waals surface area (Å²) in [5.41, 5.74) is 4.59. The SMILES string of the molecule is CN1c2ccc(C#N)cc2C(C)(C)CC1c1cccc(Br)c1. The van der Waals surface area contributed by atoms with E-state index in [9.17, 15) is 0 Å². The van der Waals surface area contributed by atoms with E-state index in [-0.39, 0.29) is 5.41 Å². The topological polar surface area (TPSA) is 27.0 Å². The Morgan fingerprint density at radius 1 is 1.23 bits per heavy atom. The van der Waals surface area contributed by atoms with Gasteiger partial charge in [-0.15, -0.1) is 0 Å². The van der Waals surface area contributed by atoms with E-state index < -0.39 is 0 Å². The van der Waals surface area contributed by atoms with Crippen molar-refractivity contribution in [3.63, 3.8) is 0 Å². The van der Waals surface area contributed by atoms with Gasteiger partial charge in [0.2, 0.25) is 0 Å². The maximum Gasteiger partial charge on any atom is 0.0991 e. The predicted octanol–water partition coefficient (Wildman–Crippen LogP) is 5.18. The smallest absolute Gasteiger partial charge is 0.0991 e. The monoisotopic (exact) mass is 354 g/mol. The van der Waals surface area contributed by atoms with Crippen molar-refractivity contribution in [2.45, 2.75) is 31.7 Å². The maximum atomic E-state index is 9.17. The van der Waals surface area contributed by atoms with Gasteiger partial charge < -0.3 is 4.90 Å². The summed E-state index contributed by atoms with van der Waals surface area (Å²) in [5.74, 6) is 0. The van der Waals surface area contributed by atoms with Gasteiger partial charge in [0.1, 0.15) is 0 Å². The van der Waals surface area contributed by atoms with Gasteiger partial charge in [0.25, 0.3) is 0 Å². The normalized spacial score (nSPS) is 19.4. The third kappa shape index (κ3) is 2.53. The quantitative estimate of drug-likeness (QED) is 0.705. The molecular formula is C19H19BrN2. The van der Waals surface area contributed by atoms with Crippen molar-refractivity contribution in [2.24, 2.45) is 0 Å². The lowest BCUT2D eigenvalue weighted by Gasteiger charge is -2.44. The number of anilines is 1. The summed E-state index contributed by atoms with van der Waals surface area (Å²) < 4.78 is 1.11. The molecule has 2 aromatic rings. The molecule has 1 aliphatic heterocycles. The summed E-state index contributed by atoms with van der Waals surface area (Å²) in [7, 11) is 2.14. The number of halogens is 1. The van der Waals surface area contributed by atoms with E-state index in [0.29, 0.717) is 6.04 Å². The second kappa shape index (κ2) is 5.44. The molecule has 0 aromatic heterocycles. The molecule has 3 rings (SSSR count). The van der Waals surface area contributed by atoms with Crippen molar-refractivity contribution < 1.29 is 0 Å². The zero-order chi connectivity index (χ0) is 15.9. The molecule has 0 bridgehead atoms. The molecule has 0 saturated heterocycles. The molecule has 1 atom stereocenters. The van der Waals surface area contributed by atoms with Gasteiger partial charge in [-0.05, 0) is 53.3 Å². The largest absolute Gasteiger partial charge is 0.367 e. The summed E-state index contributed by atoms with van der Waals surface area (Å²) in [6.07, 6.45) is 1.03. The highest BCUT2D eigenvalue weighted by Crippen LogP contribution is 2.47. The molecule has 22 heavy (non-hydrogen) atoms. The summed E-state index contributed by atoms with van der Waals surface area (Å²) in [4.78, 5) is 2.34. The Bertz CT molecular complexity index is 758. The van der Waals surface area contributed by atoms with Gasteiger partial charge in [-0.25, -0.2) is 0 Å². The maximum absolute atomic E-state index is 9.17. The van der Waals surface area contributed by atoms with Crippen LogP contribution in [0.3, 0.4) is 0 Å². The molecule has 3 heteroatoms. The van der Waals surface area contributed by atoms with Crippen molar-refractivity contribution in [1.82, 2.24) is 0 Å². The van der Waals surface area contributed by atoms with Crippen LogP contribution in [0.25, 0.3) is 0 Å². The van der Waals surface area contributed by atoms with Gasteiger partial charge in [-0.1, -0.05) is 41.9 Å². The third-order valence-corrected chi connectivity index (χ3v) is 5.13. The standard InChI is InChI=1S/C19H19BrN2/c1-19(2)11-18(14-5-4-6-15(20)10-14)22(3)17-8-7-13(12-21)9-16(17)19/h4-10,18H,11H2,1-3H3. The Balaban J connectivity index is 2.10. The van der Waals surface area contributed by atoms with Crippen molar-refractivity contribution in [2.75, 3.05) is 11.9 Å². The van der Waals surface area contributed by atoms with Crippen LogP contribution < -0.4 is 4.90 Å². The molecule has 2 nitrogen and oxygen atoms in total. The molecule has 0 aliphatic carbocycles. The van der Waals surface area contributed by atoms with Crippen LogP contribution in [0, 0.1) is 11.3 Å². The van der Waals surface area contributed by atoms with Crippen molar-refractivity contribution in [3.8, 4) is 6.07 Å². The number of fused-ring (bicyclic) bond motifs is 1. The molecule has 0 spiro atoms. The highest BCUT2D eigenvalue weighted by Gasteiger charge is 2.36. The number of nitrogens with zero attached hydrogens (tertiary/aromatic N) is 2. The lowest BCUT2D eigenvalue weighted by molar-refractivity contribution is 0.397. The van der Waals surface area contributed by atoms with E-state index >= 15 is 0 Å². The number of nitriles is 1. The molecule has 112 valence electrons. The minimum atomic E-state index is 0.0433. The molecule has 0 N–H and O–H groups in total. The summed E-state index contributed by atoms with van der Waals surface area (Å²) in [6.45, 7) is 4.54. The first-order valence-electron chi connectivity index (χ1n) is 7.45. The van der Waals surface area contributed by atoms with Crippen LogP contribution in [0.15, 0.2) is 46.9 Å². The fourth-order valence-electron chi connectivity index (χ4n) is 3.41. The zero-order valence-corrected chi connectivity index (χ0v) is 14.7. The fraction of sp³-hybridized carbons (Fsp3) is 0.316. The Morgan fingerprint density at radius 3 is 2.68 bits per heavy atom. The Hall–Kier alpha value is -1.79. The highest BCUT2D eigenvalue weighted by atomic mass is 79.9. The first-order chi connectivity index (χ1) is 10.4. The van der Waals surface area contributed by atoms with Gasteiger partial charge in [-0.2, -0.15) is 5.26 Å². The van der Waals surface area contributed by atoms with Crippen LogP contribution in [0.5, 0.6) is 0 Å². The molecule has 0 fully saturated rings. The molecule has 0 amide bonds. The van der Waals surface area contributed by atoms with Gasteiger partial charge >= 0.3 is 0 Å². The van der Waals surface area contributed by atoms with Crippen molar-refractivity contribution in [3.05, 3.63) is 63.6 Å². The van der Waals surface area contributed by atoms with Crippen LogP contribution in [0.4, 0.5) is 5.69 Å². The van der Waals surface area contributed by atoms with E-state index in [0.717, 1.165) is 16.5 Å². The Morgan fingerprint density at radius 2 is 2.00 bits per heavy atom. The second-order valence-corrected chi connectivity index (χ2v) is 7.53. The lowest BCUT2D eigenvalue weighted by Crippen LogP contribution is -2.37. The van der Waals surface area contributed by atoms with Crippen LogP contribution in [-0.2, 0) is 5.41 Å². The fourth-order valence-corrected chi connectivity index (χ4v) is 3.83. The van der Waals surface area contributed by atoms with Crippen molar-refractivity contribution in [1.29, 1.82) is 5.26 Å². The van der Waals surface area contributed by atoms with E-state index in [1.54, 1.807) is 0 Å². The molecule has 1 unspecified atom stereocenters. The average Bonchev–Trinajstić information content (AvgIpc) is 2.50. The van der Waals surface area contributed by atoms with Crippen LogP contribution in [0.2, 0.25) is 0 Å². The first kappa shape index (κ1) is 15.1. The van der Waals surface area contributed by atoms with Crippen LogP contribution >= 0.6 is 15.9 Å². The second-order valence-electron chi connectivity index (χ2n) is 6.61. The lowest BCUT2D eigenvalue weighted by atomic mass is 9.73. The Kier molecular flexibility index (Phi) is 3.74. The van der Waals surface area contributed by atoms with E-state index in [1.165, 1.54) is 16.8 Å². The number of hydrogen-bond acceptors (Lipinski definition) is 2. The molecule has 1 heterocycles. The van der Waals surface area contributed by atoms with Gasteiger partial charge in [-0.3, -0.25) is 0 Å².